The largest absolute Gasteiger partial charge is 0.343 e. The molecule has 0 fully saturated rings. The van der Waals surface area contributed by atoms with Crippen LogP contribution in [0.5, 0.6) is 0 Å². The minimum atomic E-state index is -0.380. The molecule has 1 aromatic rings. The van der Waals surface area contributed by atoms with Crippen molar-refractivity contribution in [1.29, 1.82) is 0 Å². The van der Waals surface area contributed by atoms with Gasteiger partial charge in [0.1, 0.15) is 0 Å². The number of hydroxylamine groups is 1. The van der Waals surface area contributed by atoms with Gasteiger partial charge in [-0.1, -0.05) is 15.9 Å². The lowest BCUT2D eigenvalue weighted by molar-refractivity contribution is 0.0758. The second kappa shape index (κ2) is 5.62. The molecule has 0 saturated carbocycles. The van der Waals surface area contributed by atoms with Crippen LogP contribution in [0.2, 0.25) is 0 Å². The molecule has 2 N–H and O–H groups in total. The van der Waals surface area contributed by atoms with Gasteiger partial charge in [0.25, 0.3) is 0 Å². The van der Waals surface area contributed by atoms with Crippen molar-refractivity contribution in [3.8, 4) is 0 Å². The maximum absolute atomic E-state index is 11.1. The fourth-order valence-electron chi connectivity index (χ4n) is 0.828. The summed E-state index contributed by atoms with van der Waals surface area (Å²) in [5.74, 6) is 0. The number of urea groups is 1. The number of hydrogen-bond acceptors (Lipinski definition) is 2. The van der Waals surface area contributed by atoms with E-state index in [0.717, 1.165) is 4.47 Å². The molecule has 0 aliphatic heterocycles. The highest BCUT2D eigenvalue weighted by Crippen LogP contribution is 2.13. The number of benzene rings is 1. The van der Waals surface area contributed by atoms with Gasteiger partial charge in [-0.2, -0.15) is 0 Å². The van der Waals surface area contributed by atoms with Crippen LogP contribution in [0.1, 0.15) is 6.92 Å². The van der Waals surface area contributed by atoms with Crippen molar-refractivity contribution >= 4 is 27.6 Å². The van der Waals surface area contributed by atoms with Crippen molar-refractivity contribution in [2.75, 3.05) is 11.9 Å². The van der Waals surface area contributed by atoms with E-state index in [9.17, 15) is 4.79 Å². The first-order valence-corrected chi connectivity index (χ1v) is 4.96. The zero-order chi connectivity index (χ0) is 10.4. The van der Waals surface area contributed by atoms with E-state index in [0.29, 0.717) is 12.3 Å². The third-order valence-electron chi connectivity index (χ3n) is 1.41. The highest BCUT2D eigenvalue weighted by Gasteiger charge is 1.99. The fourth-order valence-corrected chi connectivity index (χ4v) is 1.09. The van der Waals surface area contributed by atoms with Crippen LogP contribution < -0.4 is 10.8 Å². The normalized spacial score (nSPS) is 9.57. The molecule has 0 aliphatic carbocycles. The van der Waals surface area contributed by atoms with E-state index in [-0.39, 0.29) is 6.03 Å². The maximum Gasteiger partial charge on any atom is 0.343 e. The number of carbonyl (C=O) groups excluding carboxylic acids is 1. The second-order valence-corrected chi connectivity index (χ2v) is 3.41. The number of anilines is 1. The van der Waals surface area contributed by atoms with Crippen LogP contribution in [0.3, 0.4) is 0 Å². The van der Waals surface area contributed by atoms with Crippen LogP contribution >= 0.6 is 15.9 Å². The average Bonchev–Trinajstić information content (AvgIpc) is 2.18. The summed E-state index contributed by atoms with van der Waals surface area (Å²) in [6, 6.07) is 6.88. The van der Waals surface area contributed by atoms with Gasteiger partial charge in [0.05, 0.1) is 6.61 Å². The Bertz CT molecular complexity index is 300. The summed E-state index contributed by atoms with van der Waals surface area (Å²) in [5, 5.41) is 2.61. The Morgan fingerprint density at radius 3 is 2.64 bits per heavy atom. The fraction of sp³-hybridized carbons (Fsp3) is 0.222. The van der Waals surface area contributed by atoms with Gasteiger partial charge in [-0.25, -0.2) is 10.3 Å². The lowest BCUT2D eigenvalue weighted by Gasteiger charge is -2.06. The van der Waals surface area contributed by atoms with E-state index in [1.54, 1.807) is 19.1 Å². The Kier molecular flexibility index (Phi) is 4.42. The standard InChI is InChI=1S/C9H11BrN2O2/c1-2-14-12-9(13)11-8-5-3-7(10)4-6-8/h3-6H,2H2,1H3,(H2,11,12,13). The van der Waals surface area contributed by atoms with Gasteiger partial charge in [0.15, 0.2) is 0 Å². The molecule has 5 heteroatoms. The summed E-state index contributed by atoms with van der Waals surface area (Å²) >= 11 is 3.30. The third-order valence-corrected chi connectivity index (χ3v) is 1.94. The summed E-state index contributed by atoms with van der Waals surface area (Å²) in [5.41, 5.74) is 2.95. The van der Waals surface area contributed by atoms with Crippen LogP contribution in [0, 0.1) is 0 Å². The molecule has 0 saturated heterocycles. The quantitative estimate of drug-likeness (QED) is 0.819. The average molecular weight is 259 g/mol. The zero-order valence-electron chi connectivity index (χ0n) is 7.71. The number of carbonyl (C=O) groups is 1. The van der Waals surface area contributed by atoms with Crippen molar-refractivity contribution in [1.82, 2.24) is 5.48 Å². The van der Waals surface area contributed by atoms with Crippen molar-refractivity contribution in [3.05, 3.63) is 28.7 Å². The van der Waals surface area contributed by atoms with Crippen molar-refractivity contribution in [3.63, 3.8) is 0 Å². The Balaban J connectivity index is 2.44. The number of hydrogen-bond donors (Lipinski definition) is 2. The second-order valence-electron chi connectivity index (χ2n) is 2.50. The summed E-state index contributed by atoms with van der Waals surface area (Å²) in [7, 11) is 0. The lowest BCUT2D eigenvalue weighted by atomic mass is 10.3. The van der Waals surface area contributed by atoms with E-state index >= 15 is 0 Å². The minimum absolute atomic E-state index is 0.380. The van der Waals surface area contributed by atoms with Crippen molar-refractivity contribution in [2.24, 2.45) is 0 Å². The first-order chi connectivity index (χ1) is 6.72. The smallest absolute Gasteiger partial charge is 0.306 e. The van der Waals surface area contributed by atoms with E-state index in [1.165, 1.54) is 0 Å². The zero-order valence-corrected chi connectivity index (χ0v) is 9.30. The molecule has 0 spiro atoms. The monoisotopic (exact) mass is 258 g/mol. The lowest BCUT2D eigenvalue weighted by Crippen LogP contribution is -2.28. The van der Waals surface area contributed by atoms with Gasteiger partial charge in [0, 0.05) is 10.2 Å². The molecule has 1 rings (SSSR count). The number of halogens is 1. The van der Waals surface area contributed by atoms with E-state index in [2.05, 4.69) is 26.7 Å². The maximum atomic E-state index is 11.1. The SMILES string of the molecule is CCONC(=O)Nc1ccc(Br)cc1. The topological polar surface area (TPSA) is 50.4 Å². The van der Waals surface area contributed by atoms with Gasteiger partial charge >= 0.3 is 6.03 Å². The molecule has 76 valence electrons. The molecule has 0 aliphatic rings. The van der Waals surface area contributed by atoms with E-state index in [1.807, 2.05) is 12.1 Å². The van der Waals surface area contributed by atoms with Crippen LogP contribution in [-0.2, 0) is 4.84 Å². The van der Waals surface area contributed by atoms with Gasteiger partial charge in [0.2, 0.25) is 0 Å². The van der Waals surface area contributed by atoms with Gasteiger partial charge < -0.3 is 5.32 Å². The molecule has 0 heterocycles. The molecule has 0 bridgehead atoms. The molecular formula is C9H11BrN2O2. The van der Waals surface area contributed by atoms with Gasteiger partial charge in [-0.15, -0.1) is 0 Å². The van der Waals surface area contributed by atoms with Crippen LogP contribution in [0.25, 0.3) is 0 Å². The number of rotatable bonds is 3. The van der Waals surface area contributed by atoms with E-state index in [4.69, 9.17) is 4.84 Å². The van der Waals surface area contributed by atoms with E-state index < -0.39 is 0 Å². The van der Waals surface area contributed by atoms with Crippen molar-refractivity contribution < 1.29 is 9.63 Å². The third kappa shape index (κ3) is 3.76. The highest BCUT2D eigenvalue weighted by molar-refractivity contribution is 9.10. The highest BCUT2D eigenvalue weighted by atomic mass is 79.9. The predicted molar refractivity (Wildman–Crippen MR) is 57.9 cm³/mol. The molecule has 4 nitrogen and oxygen atoms in total. The summed E-state index contributed by atoms with van der Waals surface area (Å²) in [4.78, 5) is 15.8. The summed E-state index contributed by atoms with van der Waals surface area (Å²) in [6.45, 7) is 2.23. The summed E-state index contributed by atoms with van der Waals surface area (Å²) in [6.07, 6.45) is 0. The molecular weight excluding hydrogens is 248 g/mol. The van der Waals surface area contributed by atoms with Crippen LogP contribution in [-0.4, -0.2) is 12.6 Å². The molecule has 0 unspecified atom stereocenters. The molecule has 14 heavy (non-hydrogen) atoms. The Labute approximate surface area is 90.7 Å². The minimum Gasteiger partial charge on any atom is -0.306 e. The molecule has 0 atom stereocenters. The molecule has 0 radical (unpaired) electrons. The molecule has 1 aromatic carbocycles. The Morgan fingerprint density at radius 1 is 1.43 bits per heavy atom. The number of nitrogens with one attached hydrogen (secondary N) is 2. The predicted octanol–water partition coefficient (Wildman–Crippen LogP) is 2.52. The first kappa shape index (κ1) is 11.0. The molecule has 0 aromatic heterocycles. The van der Waals surface area contributed by atoms with Crippen molar-refractivity contribution in [2.45, 2.75) is 6.92 Å². The summed E-state index contributed by atoms with van der Waals surface area (Å²) < 4.78 is 0.966. The van der Waals surface area contributed by atoms with Crippen LogP contribution in [0.4, 0.5) is 10.5 Å². The van der Waals surface area contributed by atoms with Gasteiger partial charge in [-0.05, 0) is 31.2 Å². The molecule has 2 amide bonds. The first-order valence-electron chi connectivity index (χ1n) is 4.16. The van der Waals surface area contributed by atoms with Crippen LogP contribution in [0.15, 0.2) is 28.7 Å². The number of amides is 2. The Hall–Kier alpha value is -1.07. The van der Waals surface area contributed by atoms with Gasteiger partial charge in [-0.3, -0.25) is 4.84 Å². The Morgan fingerprint density at radius 2 is 2.07 bits per heavy atom.